The fourth-order valence-corrected chi connectivity index (χ4v) is 10.4. The molecule has 9 rings (SSSR count). The van der Waals surface area contributed by atoms with Crippen molar-refractivity contribution in [2.75, 3.05) is 44.3 Å². The lowest BCUT2D eigenvalue weighted by Crippen LogP contribution is -2.70. The molecule has 13 heteroatoms. The Kier molecular flexibility index (Phi) is 8.25. The molecular formula is C37H44F2N6O5. The summed E-state index contributed by atoms with van der Waals surface area (Å²) in [5, 5.41) is 22.4. The minimum Gasteiger partial charge on any atom is -0.490 e. The Labute approximate surface area is 290 Å². The van der Waals surface area contributed by atoms with Gasteiger partial charge in [-0.1, -0.05) is 0 Å². The van der Waals surface area contributed by atoms with E-state index in [4.69, 9.17) is 14.7 Å². The molecule has 1 spiro atoms. The van der Waals surface area contributed by atoms with Crippen LogP contribution in [0.4, 0.5) is 20.4 Å². The van der Waals surface area contributed by atoms with E-state index in [1.54, 1.807) is 0 Å². The van der Waals surface area contributed by atoms with Gasteiger partial charge >= 0.3 is 5.97 Å². The van der Waals surface area contributed by atoms with E-state index >= 15 is 8.78 Å². The lowest BCUT2D eigenvalue weighted by molar-refractivity contribution is -0.163. The number of benzene rings is 1. The molecule has 50 heavy (non-hydrogen) atoms. The minimum absolute atomic E-state index is 0.0293. The van der Waals surface area contributed by atoms with Crippen molar-refractivity contribution in [3.05, 3.63) is 41.2 Å². The van der Waals surface area contributed by atoms with E-state index in [-0.39, 0.29) is 29.3 Å². The molecular weight excluding hydrogens is 646 g/mol. The van der Waals surface area contributed by atoms with E-state index in [2.05, 4.69) is 32.3 Å². The first kappa shape index (κ1) is 33.3. The van der Waals surface area contributed by atoms with Gasteiger partial charge in [-0.2, -0.15) is 14.0 Å². The van der Waals surface area contributed by atoms with Crippen LogP contribution < -0.4 is 15.0 Å². The number of carboxylic acids is 1. The number of nitrogens with one attached hydrogen (secondary N) is 1. The number of alkyl halides is 2. The number of carboxylic acid groups (broad SMARTS) is 1. The summed E-state index contributed by atoms with van der Waals surface area (Å²) in [4.78, 5) is 39.6. The number of nitriles is 1. The molecule has 4 bridgehead atoms. The Morgan fingerprint density at radius 2 is 1.80 bits per heavy atom. The van der Waals surface area contributed by atoms with Crippen molar-refractivity contribution in [2.24, 2.45) is 23.7 Å². The summed E-state index contributed by atoms with van der Waals surface area (Å²) < 4.78 is 42.9. The highest BCUT2D eigenvalue weighted by atomic mass is 19.3. The molecule has 2 saturated heterocycles. The normalized spacial score (nSPS) is 30.2. The Balaban J connectivity index is 1.09. The van der Waals surface area contributed by atoms with Crippen molar-refractivity contribution in [2.45, 2.75) is 87.7 Å². The second kappa shape index (κ2) is 12.4. The molecule has 0 radical (unpaired) electrons. The summed E-state index contributed by atoms with van der Waals surface area (Å²) in [6.07, 6.45) is 8.26. The number of fused-ring (bicyclic) bond motifs is 2. The topological polar surface area (TPSA) is 141 Å². The summed E-state index contributed by atoms with van der Waals surface area (Å²) in [5.74, 6) is -4.21. The van der Waals surface area contributed by atoms with Gasteiger partial charge in [-0.25, -0.2) is 14.8 Å². The first-order chi connectivity index (χ1) is 24.0. The van der Waals surface area contributed by atoms with E-state index < -0.39 is 34.6 Å². The summed E-state index contributed by atoms with van der Waals surface area (Å²) in [7, 11) is 0. The highest BCUT2D eigenvalue weighted by Gasteiger charge is 2.62. The predicted molar refractivity (Wildman–Crippen MR) is 177 cm³/mol. The quantitative estimate of drug-likeness (QED) is 0.357. The zero-order valence-electron chi connectivity index (χ0n) is 28.4. The maximum Gasteiger partial charge on any atom is 0.330 e. The van der Waals surface area contributed by atoms with Crippen LogP contribution in [0.2, 0.25) is 0 Å². The van der Waals surface area contributed by atoms with Gasteiger partial charge in [0.1, 0.15) is 23.1 Å². The molecule has 2 N–H and O–H groups in total. The fraction of sp³-hybridized carbons (Fsp3) is 0.649. The lowest BCUT2D eigenvalue weighted by atomic mass is 9.48. The van der Waals surface area contributed by atoms with Crippen molar-refractivity contribution in [3.8, 4) is 11.8 Å². The van der Waals surface area contributed by atoms with Crippen molar-refractivity contribution < 1.29 is 33.0 Å². The highest BCUT2D eigenvalue weighted by Crippen LogP contribution is 2.58. The Morgan fingerprint density at radius 3 is 2.42 bits per heavy atom. The van der Waals surface area contributed by atoms with Gasteiger partial charge in [-0.15, -0.1) is 0 Å². The van der Waals surface area contributed by atoms with Gasteiger partial charge in [-0.05, 0) is 105 Å². The monoisotopic (exact) mass is 690 g/mol. The molecule has 1 amide bonds. The van der Waals surface area contributed by atoms with Crippen LogP contribution in [0, 0.1) is 35.0 Å². The van der Waals surface area contributed by atoms with Crippen molar-refractivity contribution >= 4 is 23.5 Å². The van der Waals surface area contributed by atoms with Gasteiger partial charge in [0.2, 0.25) is 5.95 Å². The van der Waals surface area contributed by atoms with Gasteiger partial charge in [0.05, 0.1) is 18.2 Å². The second-order valence-corrected chi connectivity index (χ2v) is 15.7. The molecule has 1 aromatic carbocycles. The molecule has 4 saturated carbocycles. The fourth-order valence-electron chi connectivity index (χ4n) is 10.4. The van der Waals surface area contributed by atoms with Gasteiger partial charge < -0.3 is 24.8 Å². The number of nitrogens with zero attached hydrogens (tertiary/aromatic N) is 5. The van der Waals surface area contributed by atoms with Crippen LogP contribution in [0.5, 0.6) is 5.75 Å². The summed E-state index contributed by atoms with van der Waals surface area (Å²) in [6, 6.07) is 8.08. The molecule has 0 atom stereocenters. The predicted octanol–water partition coefficient (Wildman–Crippen LogP) is 5.16. The summed E-state index contributed by atoms with van der Waals surface area (Å²) in [6.45, 7) is 4.29. The van der Waals surface area contributed by atoms with Crippen LogP contribution in [0.3, 0.4) is 0 Å². The lowest BCUT2D eigenvalue weighted by Gasteiger charge is -2.59. The molecule has 1 aromatic heterocycles. The van der Waals surface area contributed by atoms with Gasteiger partial charge in [-0.3, -0.25) is 9.69 Å². The van der Waals surface area contributed by atoms with Crippen molar-refractivity contribution in [1.29, 1.82) is 5.26 Å². The number of hydrogen-bond acceptors (Lipinski definition) is 9. The van der Waals surface area contributed by atoms with Crippen molar-refractivity contribution in [3.63, 3.8) is 0 Å². The largest absolute Gasteiger partial charge is 0.490 e. The number of hydrogen-bond donors (Lipinski definition) is 2. The van der Waals surface area contributed by atoms with E-state index in [0.29, 0.717) is 45.1 Å². The number of aliphatic carboxylic acids is 1. The van der Waals surface area contributed by atoms with Gasteiger partial charge in [0.15, 0.2) is 0 Å². The molecule has 2 aromatic rings. The zero-order valence-corrected chi connectivity index (χ0v) is 28.4. The van der Waals surface area contributed by atoms with Crippen LogP contribution in [0.25, 0.3) is 0 Å². The molecule has 7 aliphatic rings. The van der Waals surface area contributed by atoms with Crippen LogP contribution in [0.15, 0.2) is 24.4 Å². The summed E-state index contributed by atoms with van der Waals surface area (Å²) in [5.41, 5.74) is -1.11. The third kappa shape index (κ3) is 5.59. The molecule has 4 aliphatic carbocycles. The number of likely N-dealkylation sites (tertiary alicyclic amines) is 1. The number of rotatable bonds is 8. The first-order valence-corrected chi connectivity index (χ1v) is 18.1. The van der Waals surface area contributed by atoms with Crippen LogP contribution in [0.1, 0.15) is 86.3 Å². The molecule has 11 nitrogen and oxygen atoms in total. The number of ether oxygens (including phenoxy) is 2. The SMILES string of the molecule is CC(F)(F)c1nc(N2CC3(CCOCC3)c3cc(OC4CCN(CC#N)CC4)ccc32)ncc1C(=O)NC1(C(=O)O)C2CC3CC(C2)CC1C3. The van der Waals surface area contributed by atoms with Gasteiger partial charge in [0, 0.05) is 57.1 Å². The van der Waals surface area contributed by atoms with E-state index in [9.17, 15) is 14.7 Å². The molecule has 0 unspecified atom stereocenters. The first-order valence-electron chi connectivity index (χ1n) is 18.1. The van der Waals surface area contributed by atoms with E-state index in [1.165, 1.54) is 0 Å². The van der Waals surface area contributed by atoms with Gasteiger partial charge in [0.25, 0.3) is 11.8 Å². The highest BCUT2D eigenvalue weighted by molar-refractivity contribution is 5.99. The average molecular weight is 691 g/mol. The maximum absolute atomic E-state index is 15.4. The molecule has 3 aliphatic heterocycles. The Hall–Kier alpha value is -3.89. The number of halogens is 2. The third-order valence-electron chi connectivity index (χ3n) is 12.7. The van der Waals surface area contributed by atoms with E-state index in [1.807, 2.05) is 17.0 Å². The Bertz CT molecular complexity index is 1680. The van der Waals surface area contributed by atoms with E-state index in [0.717, 1.165) is 94.1 Å². The van der Waals surface area contributed by atoms with Crippen molar-refractivity contribution in [1.82, 2.24) is 20.2 Å². The van der Waals surface area contributed by atoms with Crippen LogP contribution >= 0.6 is 0 Å². The molecule has 4 heterocycles. The number of anilines is 2. The average Bonchev–Trinajstić information content (AvgIpc) is 3.39. The molecule has 266 valence electrons. The van der Waals surface area contributed by atoms with Crippen LogP contribution in [-0.2, 0) is 20.9 Å². The number of amides is 1. The third-order valence-corrected chi connectivity index (χ3v) is 12.7. The number of carbonyl (C=O) groups excluding carboxylic acids is 1. The Morgan fingerprint density at radius 1 is 1.12 bits per heavy atom. The standard InChI is InChI=1S/C37H44F2N6O5/c1-35(38,39)31-28(32(46)43-37(33(47)48)24-15-22-14-23(17-24)18-25(37)16-22)20-41-34(42-31)45-21-36(6-12-49-13-7-36)29-19-27(2-3-30(29)45)50-26-4-9-44(10-5-26)11-8-40/h2-3,19-20,22-26H,4-7,9-18,21H2,1H3,(H,43,46)(H,47,48). The second-order valence-electron chi connectivity index (χ2n) is 15.7. The van der Waals surface area contributed by atoms with Crippen LogP contribution in [-0.4, -0.2) is 82.9 Å². The number of carbonyl (C=O) groups is 2. The number of piperidine rings is 1. The molecule has 6 fully saturated rings. The minimum atomic E-state index is -3.50. The number of aromatic nitrogens is 2. The maximum atomic E-state index is 15.4. The zero-order chi connectivity index (χ0) is 34.8. The summed E-state index contributed by atoms with van der Waals surface area (Å²) >= 11 is 0. The smallest absolute Gasteiger partial charge is 0.330 e.